The topological polar surface area (TPSA) is 125 Å². The Morgan fingerprint density at radius 1 is 0.767 bits per heavy atom. The Bertz CT molecular complexity index is 920. The van der Waals surface area contributed by atoms with Gasteiger partial charge in [-0.1, -0.05) is 48.5 Å². The molecule has 12 heteroatoms. The van der Waals surface area contributed by atoms with Gasteiger partial charge < -0.3 is 24.1 Å². The van der Waals surface area contributed by atoms with Crippen LogP contribution < -0.4 is 0 Å². The average molecular weight is 627 g/mol. The summed E-state index contributed by atoms with van der Waals surface area (Å²) in [6, 6.07) is 0. The first-order valence-corrected chi connectivity index (χ1v) is 14.9. The molecule has 43 heavy (non-hydrogen) atoms. The van der Waals surface area contributed by atoms with Crippen LogP contribution in [-0.2, 0) is 38.1 Å². The van der Waals surface area contributed by atoms with Crippen molar-refractivity contribution in [3.05, 3.63) is 0 Å². The molecule has 0 aromatic carbocycles. The van der Waals surface area contributed by atoms with Gasteiger partial charge in [0.1, 0.15) is 11.7 Å². The van der Waals surface area contributed by atoms with Gasteiger partial charge in [0.2, 0.25) is 0 Å². The molecule has 0 heterocycles. The van der Waals surface area contributed by atoms with Gasteiger partial charge in [0.15, 0.2) is 12.2 Å². The SMILES string of the molecule is CCOC(=O)COC(=O)C(CC(C)C(=O)OC(C)(C)C(C)(C)C)CC(CC)C(=O)OC(CC(C)C)CC(C)(O)C(F)(F)F. The molecule has 9 nitrogen and oxygen atoms in total. The van der Waals surface area contributed by atoms with E-state index in [-0.39, 0.29) is 43.6 Å². The number of rotatable bonds is 17. The summed E-state index contributed by atoms with van der Waals surface area (Å²) >= 11 is 0. The van der Waals surface area contributed by atoms with Crippen LogP contribution in [-0.4, -0.2) is 65.7 Å². The number of carbonyl (C=O) groups excluding carboxylic acids is 4. The number of esters is 4. The minimum Gasteiger partial charge on any atom is -0.463 e. The second-order valence-electron chi connectivity index (χ2n) is 13.4. The van der Waals surface area contributed by atoms with Crippen LogP contribution in [0, 0.1) is 29.1 Å². The third-order valence-corrected chi connectivity index (χ3v) is 7.82. The largest absolute Gasteiger partial charge is 0.463 e. The predicted octanol–water partition coefficient (Wildman–Crippen LogP) is 6.18. The second kappa shape index (κ2) is 16.6. The van der Waals surface area contributed by atoms with Crippen LogP contribution in [0.15, 0.2) is 0 Å². The van der Waals surface area contributed by atoms with E-state index in [1.54, 1.807) is 48.5 Å². The molecule has 0 aromatic heterocycles. The van der Waals surface area contributed by atoms with Crippen LogP contribution in [0.25, 0.3) is 0 Å². The first-order chi connectivity index (χ1) is 19.4. The maximum atomic E-state index is 13.4. The zero-order chi connectivity index (χ0) is 34.0. The Kier molecular flexibility index (Phi) is 15.7. The molecular formula is C31H53F3O9. The molecule has 252 valence electrons. The number of hydrogen-bond acceptors (Lipinski definition) is 9. The molecule has 0 bridgehead atoms. The third-order valence-electron chi connectivity index (χ3n) is 7.82. The molecule has 0 aromatic rings. The zero-order valence-electron chi connectivity index (χ0n) is 27.7. The van der Waals surface area contributed by atoms with E-state index in [2.05, 4.69) is 0 Å². The summed E-state index contributed by atoms with van der Waals surface area (Å²) in [6.45, 7) is 17.6. The molecule has 0 saturated heterocycles. The van der Waals surface area contributed by atoms with E-state index in [9.17, 15) is 37.5 Å². The molecule has 0 spiro atoms. The lowest BCUT2D eigenvalue weighted by Crippen LogP contribution is -2.46. The van der Waals surface area contributed by atoms with Gasteiger partial charge in [-0.15, -0.1) is 0 Å². The number of halogens is 3. The van der Waals surface area contributed by atoms with Gasteiger partial charge in [0.25, 0.3) is 0 Å². The van der Waals surface area contributed by atoms with Crippen LogP contribution in [0.4, 0.5) is 13.2 Å². The van der Waals surface area contributed by atoms with Crippen molar-refractivity contribution in [1.82, 2.24) is 0 Å². The summed E-state index contributed by atoms with van der Waals surface area (Å²) < 4.78 is 61.3. The first-order valence-electron chi connectivity index (χ1n) is 14.9. The molecule has 0 radical (unpaired) electrons. The van der Waals surface area contributed by atoms with Crippen molar-refractivity contribution in [2.45, 2.75) is 132 Å². The summed E-state index contributed by atoms with van der Waals surface area (Å²) in [7, 11) is 0. The molecule has 0 aliphatic carbocycles. The van der Waals surface area contributed by atoms with Crippen molar-refractivity contribution in [3.63, 3.8) is 0 Å². The lowest BCUT2D eigenvalue weighted by molar-refractivity contribution is -0.262. The zero-order valence-corrected chi connectivity index (χ0v) is 27.7. The van der Waals surface area contributed by atoms with Crippen molar-refractivity contribution >= 4 is 23.9 Å². The first kappa shape index (κ1) is 40.6. The van der Waals surface area contributed by atoms with Crippen LogP contribution in [0.5, 0.6) is 0 Å². The van der Waals surface area contributed by atoms with E-state index in [0.717, 1.165) is 0 Å². The summed E-state index contributed by atoms with van der Waals surface area (Å²) in [5, 5.41) is 10.0. The van der Waals surface area contributed by atoms with E-state index in [4.69, 9.17) is 18.9 Å². The van der Waals surface area contributed by atoms with Gasteiger partial charge in [0.05, 0.1) is 24.4 Å². The van der Waals surface area contributed by atoms with Crippen molar-refractivity contribution < 1.29 is 56.4 Å². The highest BCUT2D eigenvalue weighted by Crippen LogP contribution is 2.37. The summed E-state index contributed by atoms with van der Waals surface area (Å²) in [4.78, 5) is 51.1. The average Bonchev–Trinajstić information content (AvgIpc) is 2.82. The number of carbonyl (C=O) groups is 4. The number of alkyl halides is 3. The molecule has 5 unspecified atom stereocenters. The fraction of sp³-hybridized carbons (Fsp3) is 0.871. The van der Waals surface area contributed by atoms with Gasteiger partial charge in [-0.05, 0) is 59.3 Å². The Morgan fingerprint density at radius 2 is 1.33 bits per heavy atom. The van der Waals surface area contributed by atoms with Gasteiger partial charge in [-0.25, -0.2) is 4.79 Å². The number of aliphatic hydroxyl groups is 1. The Morgan fingerprint density at radius 3 is 1.77 bits per heavy atom. The lowest BCUT2D eigenvalue weighted by atomic mass is 9.79. The van der Waals surface area contributed by atoms with Gasteiger partial charge in [0, 0.05) is 11.8 Å². The molecule has 0 rings (SSSR count). The smallest absolute Gasteiger partial charge is 0.417 e. The van der Waals surface area contributed by atoms with E-state index < -0.39 is 78.1 Å². The quantitative estimate of drug-likeness (QED) is 0.149. The van der Waals surface area contributed by atoms with Crippen LogP contribution in [0.2, 0.25) is 0 Å². The van der Waals surface area contributed by atoms with Gasteiger partial charge in [-0.3, -0.25) is 14.4 Å². The molecular weight excluding hydrogens is 573 g/mol. The van der Waals surface area contributed by atoms with E-state index in [1.165, 1.54) is 0 Å². The van der Waals surface area contributed by atoms with E-state index in [0.29, 0.717) is 6.92 Å². The number of hydrogen-bond donors (Lipinski definition) is 1. The van der Waals surface area contributed by atoms with Crippen molar-refractivity contribution in [2.75, 3.05) is 13.2 Å². The molecule has 0 saturated carbocycles. The maximum absolute atomic E-state index is 13.4. The van der Waals surface area contributed by atoms with Gasteiger partial charge in [-0.2, -0.15) is 13.2 Å². The van der Waals surface area contributed by atoms with Crippen molar-refractivity contribution in [2.24, 2.45) is 29.1 Å². The predicted molar refractivity (Wildman–Crippen MR) is 154 cm³/mol. The Balaban J connectivity index is 5.99. The normalized spacial score (nSPS) is 16.8. The highest BCUT2D eigenvalue weighted by Gasteiger charge is 2.51. The molecule has 1 N–H and O–H groups in total. The molecule has 5 atom stereocenters. The van der Waals surface area contributed by atoms with E-state index >= 15 is 0 Å². The van der Waals surface area contributed by atoms with Gasteiger partial charge >= 0.3 is 30.1 Å². The van der Waals surface area contributed by atoms with Crippen molar-refractivity contribution in [3.8, 4) is 0 Å². The molecule has 0 fully saturated rings. The number of ether oxygens (including phenoxy) is 4. The summed E-state index contributed by atoms with van der Waals surface area (Å²) in [6.07, 6.45) is -7.01. The fourth-order valence-electron chi connectivity index (χ4n) is 4.06. The van der Waals surface area contributed by atoms with E-state index in [1.807, 2.05) is 20.8 Å². The molecule has 0 aliphatic rings. The third kappa shape index (κ3) is 13.9. The minimum atomic E-state index is -4.93. The van der Waals surface area contributed by atoms with Crippen LogP contribution in [0.1, 0.15) is 108 Å². The van der Waals surface area contributed by atoms with Crippen LogP contribution >= 0.6 is 0 Å². The fourth-order valence-corrected chi connectivity index (χ4v) is 4.06. The minimum absolute atomic E-state index is 0.0752. The maximum Gasteiger partial charge on any atom is 0.417 e. The lowest BCUT2D eigenvalue weighted by Gasteiger charge is -2.38. The Hall–Kier alpha value is -2.37. The summed E-state index contributed by atoms with van der Waals surface area (Å²) in [5.74, 6) is -5.94. The Labute approximate surface area is 254 Å². The highest BCUT2D eigenvalue weighted by molar-refractivity contribution is 5.80. The second-order valence-corrected chi connectivity index (χ2v) is 13.4. The monoisotopic (exact) mass is 626 g/mol. The van der Waals surface area contributed by atoms with Crippen LogP contribution in [0.3, 0.4) is 0 Å². The summed E-state index contributed by atoms with van der Waals surface area (Å²) in [5.41, 5.74) is -4.30. The van der Waals surface area contributed by atoms with Crippen molar-refractivity contribution in [1.29, 1.82) is 0 Å². The standard InChI is InChI=1S/C31H53F3O9/c1-12-21(27(38)42-23(14-19(3)4)17-30(11,39)31(32,33)34)16-22(26(37)41-18-24(35)40-13-2)15-20(5)25(36)43-29(9,10)28(6,7)8/h19-23,39H,12-18H2,1-11H3. The molecule has 0 amide bonds. The highest BCUT2D eigenvalue weighted by atomic mass is 19.4. The molecule has 0 aliphatic heterocycles.